The summed E-state index contributed by atoms with van der Waals surface area (Å²) in [7, 11) is 0. The SMILES string of the molecule is CC(C)(C)NC(C)(C)C.CC(C)(C)NC[C@H](O)CO.O=[N+]([O-])OCCSc1cnsn1. The van der Waals surface area contributed by atoms with Gasteiger partial charge in [0.05, 0.1) is 30.6 Å². The van der Waals surface area contributed by atoms with E-state index in [0.29, 0.717) is 12.3 Å². The molecule has 184 valence electrons. The first-order chi connectivity index (χ1) is 13.9. The largest absolute Gasteiger partial charge is 0.394 e. The van der Waals surface area contributed by atoms with E-state index in [4.69, 9.17) is 10.2 Å². The molecule has 0 radical (unpaired) electrons. The third-order valence-electron chi connectivity index (χ3n) is 2.70. The summed E-state index contributed by atoms with van der Waals surface area (Å²) in [6.45, 7) is 19.5. The van der Waals surface area contributed by atoms with Crippen LogP contribution in [0.5, 0.6) is 0 Å². The average Bonchev–Trinajstić information content (AvgIpc) is 3.07. The lowest BCUT2D eigenvalue weighted by atomic mass is 10.0. The van der Waals surface area contributed by atoms with Gasteiger partial charge in [-0.15, -0.1) is 21.9 Å². The molecule has 0 fully saturated rings. The summed E-state index contributed by atoms with van der Waals surface area (Å²) in [4.78, 5) is 13.8. The first-order valence-electron chi connectivity index (χ1n) is 9.96. The zero-order valence-corrected chi connectivity index (χ0v) is 21.9. The van der Waals surface area contributed by atoms with Crippen LogP contribution in [0, 0.1) is 10.1 Å². The van der Waals surface area contributed by atoms with Crippen LogP contribution in [0.25, 0.3) is 0 Å². The average molecular weight is 484 g/mol. The molecule has 12 heteroatoms. The van der Waals surface area contributed by atoms with E-state index < -0.39 is 11.2 Å². The Labute approximate surface area is 195 Å². The number of nitrogens with one attached hydrogen (secondary N) is 2. The molecule has 10 nitrogen and oxygen atoms in total. The number of hydrogen-bond acceptors (Lipinski definition) is 11. The summed E-state index contributed by atoms with van der Waals surface area (Å²) in [6, 6.07) is 0. The molecule has 31 heavy (non-hydrogen) atoms. The molecule has 0 amide bonds. The molecular formula is C19H41N5O5S2. The van der Waals surface area contributed by atoms with Gasteiger partial charge in [0.1, 0.15) is 11.6 Å². The van der Waals surface area contributed by atoms with E-state index in [1.54, 1.807) is 6.20 Å². The van der Waals surface area contributed by atoms with Crippen molar-refractivity contribution in [1.82, 2.24) is 19.4 Å². The summed E-state index contributed by atoms with van der Waals surface area (Å²) in [6.07, 6.45) is 0.973. The second-order valence-corrected chi connectivity index (χ2v) is 11.4. The molecule has 0 bridgehead atoms. The number of aliphatic hydroxyl groups excluding tert-OH is 2. The van der Waals surface area contributed by atoms with Gasteiger partial charge in [0.15, 0.2) is 0 Å². The zero-order chi connectivity index (χ0) is 24.7. The van der Waals surface area contributed by atoms with Crippen molar-refractivity contribution in [1.29, 1.82) is 0 Å². The second-order valence-electron chi connectivity index (χ2n) is 9.74. The van der Waals surface area contributed by atoms with Crippen LogP contribution in [0.3, 0.4) is 0 Å². The van der Waals surface area contributed by atoms with Gasteiger partial charge in [-0.2, -0.15) is 8.75 Å². The molecule has 0 aliphatic rings. The Kier molecular flexibility index (Phi) is 16.3. The van der Waals surface area contributed by atoms with Crippen LogP contribution in [0.4, 0.5) is 0 Å². The first-order valence-corrected chi connectivity index (χ1v) is 11.7. The minimum absolute atomic E-state index is 0.0101. The molecule has 4 N–H and O–H groups in total. The lowest BCUT2D eigenvalue weighted by Gasteiger charge is -2.31. The third kappa shape index (κ3) is 28.9. The quantitative estimate of drug-likeness (QED) is 0.189. The highest BCUT2D eigenvalue weighted by Gasteiger charge is 2.18. The van der Waals surface area contributed by atoms with Crippen LogP contribution < -0.4 is 10.6 Å². The lowest BCUT2D eigenvalue weighted by Crippen LogP contribution is -2.48. The second kappa shape index (κ2) is 15.7. The highest BCUT2D eigenvalue weighted by molar-refractivity contribution is 7.99. The Morgan fingerprint density at radius 2 is 1.71 bits per heavy atom. The molecule has 0 saturated carbocycles. The van der Waals surface area contributed by atoms with Crippen LogP contribution in [-0.2, 0) is 4.84 Å². The van der Waals surface area contributed by atoms with Gasteiger partial charge < -0.3 is 25.7 Å². The molecule has 0 unspecified atom stereocenters. The summed E-state index contributed by atoms with van der Waals surface area (Å²) in [5.41, 5.74) is 0.479. The molecule has 1 heterocycles. The maximum absolute atomic E-state index is 9.71. The zero-order valence-electron chi connectivity index (χ0n) is 20.3. The first kappa shape index (κ1) is 32.1. The molecule has 0 aliphatic carbocycles. The Balaban J connectivity index is 0. The molecule has 1 rings (SSSR count). The van der Waals surface area contributed by atoms with Gasteiger partial charge in [-0.05, 0) is 62.3 Å². The predicted octanol–water partition coefficient (Wildman–Crippen LogP) is 2.74. The number of β-amino-alcohol motifs (C(OH)–C–C–N with tert-alkyl or cyclic N) is 1. The van der Waals surface area contributed by atoms with E-state index in [0.717, 1.165) is 16.8 Å². The Morgan fingerprint density at radius 1 is 1.16 bits per heavy atom. The molecular weight excluding hydrogens is 442 g/mol. The summed E-state index contributed by atoms with van der Waals surface area (Å²) >= 11 is 2.48. The molecule has 0 spiro atoms. The number of nitrogens with zero attached hydrogens (tertiary/aromatic N) is 3. The van der Waals surface area contributed by atoms with Crippen LogP contribution in [0.1, 0.15) is 62.3 Å². The fourth-order valence-corrected chi connectivity index (χ4v) is 3.28. The van der Waals surface area contributed by atoms with Crippen molar-refractivity contribution in [2.75, 3.05) is 25.5 Å². The van der Waals surface area contributed by atoms with Gasteiger partial charge in [-0.3, -0.25) is 0 Å². The number of hydrogen-bond donors (Lipinski definition) is 4. The monoisotopic (exact) mass is 483 g/mol. The smallest absolute Gasteiger partial charge is 0.294 e. The van der Waals surface area contributed by atoms with Crippen molar-refractivity contribution < 1.29 is 20.1 Å². The number of rotatable bonds is 8. The van der Waals surface area contributed by atoms with Gasteiger partial charge in [0, 0.05) is 28.9 Å². The normalized spacial score (nSPS) is 12.7. The van der Waals surface area contributed by atoms with E-state index in [9.17, 15) is 10.1 Å². The van der Waals surface area contributed by atoms with Crippen LogP contribution >= 0.6 is 23.5 Å². The number of aliphatic hydroxyl groups is 2. The summed E-state index contributed by atoms with van der Waals surface area (Å²) in [5.74, 6) is 0.506. The van der Waals surface area contributed by atoms with Crippen molar-refractivity contribution in [2.24, 2.45) is 0 Å². The Bertz CT molecular complexity index is 558. The minimum atomic E-state index is -0.806. The molecule has 0 saturated heterocycles. The fourth-order valence-electron chi connectivity index (χ4n) is 2.09. The van der Waals surface area contributed by atoms with Gasteiger partial charge in [0.25, 0.3) is 5.09 Å². The minimum Gasteiger partial charge on any atom is -0.394 e. The van der Waals surface area contributed by atoms with Crippen LogP contribution in [0.2, 0.25) is 0 Å². The van der Waals surface area contributed by atoms with Crippen molar-refractivity contribution in [3.63, 3.8) is 0 Å². The van der Waals surface area contributed by atoms with Crippen LogP contribution in [0.15, 0.2) is 11.2 Å². The van der Waals surface area contributed by atoms with Gasteiger partial charge >= 0.3 is 0 Å². The van der Waals surface area contributed by atoms with E-state index >= 15 is 0 Å². The van der Waals surface area contributed by atoms with Crippen molar-refractivity contribution >= 4 is 23.5 Å². The molecule has 1 aromatic heterocycles. The van der Waals surface area contributed by atoms with Gasteiger partial charge in [0.2, 0.25) is 0 Å². The lowest BCUT2D eigenvalue weighted by molar-refractivity contribution is -0.756. The van der Waals surface area contributed by atoms with Gasteiger partial charge in [-0.1, -0.05) is 0 Å². The molecule has 1 atom stereocenters. The maximum Gasteiger partial charge on any atom is 0.294 e. The highest BCUT2D eigenvalue weighted by Crippen LogP contribution is 2.14. The third-order valence-corrected chi connectivity index (χ3v) is 4.16. The van der Waals surface area contributed by atoms with Crippen molar-refractivity contribution in [3.05, 3.63) is 16.3 Å². The predicted molar refractivity (Wildman–Crippen MR) is 127 cm³/mol. The molecule has 1 aromatic rings. The van der Waals surface area contributed by atoms with Gasteiger partial charge in [-0.25, -0.2) is 0 Å². The van der Waals surface area contributed by atoms with Crippen molar-refractivity contribution in [3.8, 4) is 0 Å². The Morgan fingerprint density at radius 3 is 2.03 bits per heavy atom. The van der Waals surface area contributed by atoms with Crippen molar-refractivity contribution in [2.45, 2.75) is 90.1 Å². The molecule has 0 aliphatic heterocycles. The fraction of sp³-hybridized carbons (Fsp3) is 0.895. The van der Waals surface area contributed by atoms with E-state index in [2.05, 4.69) is 65.8 Å². The van der Waals surface area contributed by atoms with E-state index in [-0.39, 0.29) is 29.8 Å². The number of aromatic nitrogens is 2. The summed E-state index contributed by atoms with van der Waals surface area (Å²) < 4.78 is 7.67. The highest BCUT2D eigenvalue weighted by atomic mass is 32.2. The van der Waals surface area contributed by atoms with Crippen LogP contribution in [-0.4, -0.2) is 72.3 Å². The van der Waals surface area contributed by atoms with E-state index in [1.165, 1.54) is 11.8 Å². The number of thioether (sulfide) groups is 1. The molecule has 0 aromatic carbocycles. The van der Waals surface area contributed by atoms with E-state index in [1.807, 2.05) is 20.8 Å². The summed E-state index contributed by atoms with van der Waals surface area (Å²) in [5, 5.41) is 33.5. The topological polar surface area (TPSA) is 143 Å². The standard InChI is InChI=1S/C8H19N.C7H17NO2.C4H5N3O3S2/c1-7(2,3)9-8(4,5)6;1-7(2,3)8-4-6(10)5-9;8-7(9)10-1-2-11-4-3-5-12-6-4/h9H,1-6H3;6,8-10H,4-5H2,1-3H3;3H,1-2H2/t;6-;/m.0./s1. The Hall–Kier alpha value is -1.05. The maximum atomic E-state index is 9.71.